The molecular weight excluding hydrogens is 283 g/mol. The number of halogens is 1. The van der Waals surface area contributed by atoms with Crippen LogP contribution in [0.15, 0.2) is 48.5 Å². The fourth-order valence-electron chi connectivity index (χ4n) is 2.57. The van der Waals surface area contributed by atoms with Crippen molar-refractivity contribution in [3.63, 3.8) is 0 Å². The summed E-state index contributed by atoms with van der Waals surface area (Å²) >= 11 is 0. The molecule has 4 nitrogen and oxygen atoms in total. The van der Waals surface area contributed by atoms with E-state index in [0.717, 1.165) is 16.8 Å². The van der Waals surface area contributed by atoms with Crippen molar-refractivity contribution < 1.29 is 13.9 Å². The summed E-state index contributed by atoms with van der Waals surface area (Å²) in [6.07, 6.45) is -0.473. The Morgan fingerprint density at radius 2 is 2.00 bits per heavy atom. The maximum absolute atomic E-state index is 13.3. The molecule has 1 heterocycles. The van der Waals surface area contributed by atoms with E-state index in [-0.39, 0.29) is 18.0 Å². The van der Waals surface area contributed by atoms with Gasteiger partial charge in [-0.1, -0.05) is 24.3 Å². The predicted octanol–water partition coefficient (Wildman–Crippen LogP) is 3.04. The van der Waals surface area contributed by atoms with Gasteiger partial charge in [-0.2, -0.15) is 0 Å². The van der Waals surface area contributed by atoms with Crippen LogP contribution in [0.3, 0.4) is 0 Å². The highest BCUT2D eigenvalue weighted by molar-refractivity contribution is 5.90. The molecule has 1 fully saturated rings. The van der Waals surface area contributed by atoms with E-state index in [1.807, 2.05) is 37.4 Å². The number of nitrogens with one attached hydrogen (secondary N) is 1. The normalized spacial score (nSPS) is 17.6. The van der Waals surface area contributed by atoms with E-state index in [1.165, 1.54) is 12.1 Å². The average Bonchev–Trinajstić information content (AvgIpc) is 2.88. The lowest BCUT2D eigenvalue weighted by atomic mass is 10.1. The molecule has 2 aromatic carbocycles. The topological polar surface area (TPSA) is 41.6 Å². The fourth-order valence-corrected chi connectivity index (χ4v) is 2.57. The van der Waals surface area contributed by atoms with Gasteiger partial charge in [0.05, 0.1) is 6.54 Å². The first-order valence-corrected chi connectivity index (χ1v) is 7.16. The van der Waals surface area contributed by atoms with Crippen molar-refractivity contribution in [2.45, 2.75) is 6.10 Å². The number of benzene rings is 2. The molecule has 1 N–H and O–H groups in total. The molecule has 0 radical (unpaired) electrons. The largest absolute Gasteiger partial charge is 0.443 e. The highest BCUT2D eigenvalue weighted by atomic mass is 19.1. The lowest BCUT2D eigenvalue weighted by Crippen LogP contribution is -2.28. The lowest BCUT2D eigenvalue weighted by molar-refractivity contribution is 0.141. The number of likely N-dealkylation sites (N-methyl/N-ethyl adjacent to an activating group) is 1. The van der Waals surface area contributed by atoms with Gasteiger partial charge in [-0.25, -0.2) is 9.18 Å². The number of anilines is 1. The quantitative estimate of drug-likeness (QED) is 0.943. The summed E-state index contributed by atoms with van der Waals surface area (Å²) in [5.74, 6) is -0.264. The molecule has 0 saturated carbocycles. The number of carbonyl (C=O) groups is 1. The van der Waals surface area contributed by atoms with Crippen LogP contribution >= 0.6 is 0 Å². The predicted molar refractivity (Wildman–Crippen MR) is 83.4 cm³/mol. The highest BCUT2D eigenvalue weighted by Crippen LogP contribution is 2.26. The van der Waals surface area contributed by atoms with Gasteiger partial charge < -0.3 is 10.1 Å². The Kier molecular flexibility index (Phi) is 4.06. The van der Waals surface area contributed by atoms with Gasteiger partial charge in [0.2, 0.25) is 0 Å². The number of carbonyl (C=O) groups excluding carboxylic acids is 1. The monoisotopic (exact) mass is 300 g/mol. The van der Waals surface area contributed by atoms with Crippen molar-refractivity contribution in [2.75, 3.05) is 25.0 Å². The van der Waals surface area contributed by atoms with Gasteiger partial charge in [-0.05, 0) is 42.4 Å². The Morgan fingerprint density at radius 3 is 2.68 bits per heavy atom. The molecule has 0 spiro atoms. The smallest absolute Gasteiger partial charge is 0.414 e. The molecule has 1 amide bonds. The van der Waals surface area contributed by atoms with E-state index in [4.69, 9.17) is 4.74 Å². The van der Waals surface area contributed by atoms with Crippen molar-refractivity contribution in [2.24, 2.45) is 0 Å². The fraction of sp³-hybridized carbons (Fsp3) is 0.235. The molecule has 0 bridgehead atoms. The van der Waals surface area contributed by atoms with Crippen LogP contribution in [0.25, 0.3) is 11.1 Å². The zero-order valence-electron chi connectivity index (χ0n) is 12.3. The summed E-state index contributed by atoms with van der Waals surface area (Å²) in [6.45, 7) is 1.16. The van der Waals surface area contributed by atoms with E-state index in [2.05, 4.69) is 5.32 Å². The number of nitrogens with zero attached hydrogens (tertiary/aromatic N) is 1. The third-order valence-corrected chi connectivity index (χ3v) is 3.64. The second-order valence-corrected chi connectivity index (χ2v) is 5.23. The summed E-state index contributed by atoms with van der Waals surface area (Å²) < 4.78 is 18.5. The number of hydrogen-bond donors (Lipinski definition) is 1. The first kappa shape index (κ1) is 14.5. The number of hydrogen-bond acceptors (Lipinski definition) is 3. The summed E-state index contributed by atoms with van der Waals surface area (Å²) in [7, 11) is 1.82. The Balaban J connectivity index is 1.78. The van der Waals surface area contributed by atoms with Crippen LogP contribution in [0.5, 0.6) is 0 Å². The second kappa shape index (κ2) is 6.15. The Bertz CT molecular complexity index is 673. The standard InChI is InChI=1S/C17H17FN2O2/c1-19-10-16-11-20(17(21)22-16)15-7-5-12(6-8-15)13-3-2-4-14(18)9-13/h2-9,16,19H,10-11H2,1H3. The van der Waals surface area contributed by atoms with Crippen molar-refractivity contribution in [3.8, 4) is 11.1 Å². The van der Waals surface area contributed by atoms with Crippen LogP contribution in [-0.2, 0) is 4.74 Å². The third-order valence-electron chi connectivity index (χ3n) is 3.64. The molecule has 1 unspecified atom stereocenters. The van der Waals surface area contributed by atoms with E-state index in [1.54, 1.807) is 11.0 Å². The first-order valence-electron chi connectivity index (χ1n) is 7.16. The Hall–Kier alpha value is -2.40. The number of cyclic esters (lactones) is 1. The zero-order chi connectivity index (χ0) is 15.5. The first-order chi connectivity index (χ1) is 10.7. The molecule has 2 aromatic rings. The molecule has 5 heteroatoms. The van der Waals surface area contributed by atoms with Crippen LogP contribution in [0.4, 0.5) is 14.9 Å². The minimum Gasteiger partial charge on any atom is -0.443 e. The van der Waals surface area contributed by atoms with Gasteiger partial charge in [-0.15, -0.1) is 0 Å². The molecular formula is C17H17FN2O2. The lowest BCUT2D eigenvalue weighted by Gasteiger charge is -2.13. The molecule has 114 valence electrons. The van der Waals surface area contributed by atoms with Crippen LogP contribution in [-0.4, -0.2) is 32.3 Å². The van der Waals surface area contributed by atoms with Gasteiger partial charge in [-0.3, -0.25) is 4.90 Å². The van der Waals surface area contributed by atoms with Gasteiger partial charge in [0.1, 0.15) is 11.9 Å². The number of amides is 1. The molecule has 1 aliphatic rings. The summed E-state index contributed by atoms with van der Waals surface area (Å²) in [5, 5.41) is 3.00. The van der Waals surface area contributed by atoms with E-state index < -0.39 is 0 Å². The van der Waals surface area contributed by atoms with E-state index in [9.17, 15) is 9.18 Å². The van der Waals surface area contributed by atoms with Crippen molar-refractivity contribution in [1.82, 2.24) is 5.32 Å². The van der Waals surface area contributed by atoms with Gasteiger partial charge in [0.25, 0.3) is 0 Å². The van der Waals surface area contributed by atoms with Crippen molar-refractivity contribution >= 4 is 11.8 Å². The van der Waals surface area contributed by atoms with E-state index >= 15 is 0 Å². The minimum absolute atomic E-state index is 0.139. The average molecular weight is 300 g/mol. The summed E-state index contributed by atoms with van der Waals surface area (Å²) in [5.41, 5.74) is 2.50. The summed E-state index contributed by atoms with van der Waals surface area (Å²) in [6, 6.07) is 13.9. The molecule has 1 aliphatic heterocycles. The van der Waals surface area contributed by atoms with E-state index in [0.29, 0.717) is 13.1 Å². The Labute approximate surface area is 128 Å². The molecule has 3 rings (SSSR count). The number of ether oxygens (including phenoxy) is 1. The van der Waals surface area contributed by atoms with Crippen molar-refractivity contribution in [1.29, 1.82) is 0 Å². The van der Waals surface area contributed by atoms with Crippen molar-refractivity contribution in [3.05, 3.63) is 54.3 Å². The number of rotatable bonds is 4. The third kappa shape index (κ3) is 2.94. The van der Waals surface area contributed by atoms with Gasteiger partial charge >= 0.3 is 6.09 Å². The van der Waals surface area contributed by atoms with Gasteiger partial charge in [0, 0.05) is 12.2 Å². The summed E-state index contributed by atoms with van der Waals surface area (Å²) in [4.78, 5) is 13.5. The maximum atomic E-state index is 13.3. The highest BCUT2D eigenvalue weighted by Gasteiger charge is 2.31. The van der Waals surface area contributed by atoms with Crippen LogP contribution < -0.4 is 10.2 Å². The van der Waals surface area contributed by atoms with Crippen LogP contribution in [0.1, 0.15) is 0 Å². The van der Waals surface area contributed by atoms with Crippen LogP contribution in [0.2, 0.25) is 0 Å². The van der Waals surface area contributed by atoms with Gasteiger partial charge in [0.15, 0.2) is 0 Å². The maximum Gasteiger partial charge on any atom is 0.414 e. The minimum atomic E-state index is -0.334. The Morgan fingerprint density at radius 1 is 1.23 bits per heavy atom. The SMILES string of the molecule is CNCC1CN(c2ccc(-c3cccc(F)c3)cc2)C(=O)O1. The second-order valence-electron chi connectivity index (χ2n) is 5.23. The molecule has 1 saturated heterocycles. The molecule has 1 atom stereocenters. The zero-order valence-corrected chi connectivity index (χ0v) is 12.3. The molecule has 0 aromatic heterocycles. The van der Waals surface area contributed by atoms with Crippen LogP contribution in [0, 0.1) is 5.82 Å². The molecule has 0 aliphatic carbocycles. The molecule has 22 heavy (non-hydrogen) atoms.